The minimum absolute atomic E-state index is 0.0527. The third-order valence-corrected chi connectivity index (χ3v) is 4.74. The van der Waals surface area contributed by atoms with E-state index in [9.17, 15) is 4.79 Å². The van der Waals surface area contributed by atoms with Gasteiger partial charge in [-0.25, -0.2) is 0 Å². The van der Waals surface area contributed by atoms with E-state index in [-0.39, 0.29) is 18.4 Å². The number of carbonyl (C=O) groups excluding carboxylic acids is 1. The van der Waals surface area contributed by atoms with Gasteiger partial charge in [-0.05, 0) is 29.7 Å². The summed E-state index contributed by atoms with van der Waals surface area (Å²) in [5, 5.41) is 3.06. The normalized spacial score (nSPS) is 11.5. The molecule has 0 spiro atoms. The van der Waals surface area contributed by atoms with Crippen LogP contribution in [0.5, 0.6) is 11.5 Å². The molecule has 3 rings (SSSR count). The molecule has 4 heteroatoms. The summed E-state index contributed by atoms with van der Waals surface area (Å²) in [6.07, 6.45) is 0.250. The maximum absolute atomic E-state index is 12.5. The van der Waals surface area contributed by atoms with Crippen LogP contribution in [0.15, 0.2) is 72.8 Å². The fourth-order valence-electron chi connectivity index (χ4n) is 3.14. The molecule has 0 saturated carbocycles. The maximum Gasteiger partial charge on any atom is 0.225 e. The van der Waals surface area contributed by atoms with Crippen molar-refractivity contribution < 1.29 is 14.3 Å². The second-order valence-electron chi connectivity index (χ2n) is 6.63. The number of hydrogen-bond donors (Lipinski definition) is 1. The highest BCUT2D eigenvalue weighted by atomic mass is 16.5. The summed E-state index contributed by atoms with van der Waals surface area (Å²) < 4.78 is 10.6. The Morgan fingerprint density at radius 2 is 1.57 bits per heavy atom. The topological polar surface area (TPSA) is 47.6 Å². The van der Waals surface area contributed by atoms with Gasteiger partial charge in [-0.2, -0.15) is 0 Å². The molecule has 0 aliphatic carbocycles. The van der Waals surface area contributed by atoms with Crippen LogP contribution in [0.3, 0.4) is 0 Å². The Labute approximate surface area is 166 Å². The molecule has 4 nitrogen and oxygen atoms in total. The first-order valence-electron chi connectivity index (χ1n) is 9.26. The molecule has 1 atom stereocenters. The molecule has 28 heavy (non-hydrogen) atoms. The van der Waals surface area contributed by atoms with Crippen molar-refractivity contribution in [3.63, 3.8) is 0 Å². The van der Waals surface area contributed by atoms with E-state index in [1.54, 1.807) is 20.3 Å². The lowest BCUT2D eigenvalue weighted by molar-refractivity contribution is -0.121. The van der Waals surface area contributed by atoms with E-state index in [1.807, 2.05) is 37.3 Å². The van der Waals surface area contributed by atoms with Gasteiger partial charge in [-0.15, -0.1) is 0 Å². The zero-order valence-electron chi connectivity index (χ0n) is 16.4. The Morgan fingerprint density at radius 1 is 0.893 bits per heavy atom. The van der Waals surface area contributed by atoms with Crippen LogP contribution in [0, 0.1) is 0 Å². The Bertz CT molecular complexity index is 920. The van der Waals surface area contributed by atoms with Crippen LogP contribution in [-0.4, -0.2) is 20.1 Å². The van der Waals surface area contributed by atoms with Gasteiger partial charge in [0.05, 0.1) is 26.7 Å². The predicted octanol–water partition coefficient (Wildman–Crippen LogP) is 4.79. The van der Waals surface area contributed by atoms with Gasteiger partial charge < -0.3 is 14.8 Å². The lowest BCUT2D eigenvalue weighted by Crippen LogP contribution is -2.28. The Balaban J connectivity index is 1.64. The maximum atomic E-state index is 12.5. The van der Waals surface area contributed by atoms with Crippen molar-refractivity contribution in [2.75, 3.05) is 14.2 Å². The number of methoxy groups -OCH3 is 2. The van der Waals surface area contributed by atoms with Gasteiger partial charge in [-0.3, -0.25) is 4.79 Å². The van der Waals surface area contributed by atoms with Crippen molar-refractivity contribution >= 4 is 5.91 Å². The summed E-state index contributed by atoms with van der Waals surface area (Å²) in [5.41, 5.74) is 4.23. The molecular weight excluding hydrogens is 350 g/mol. The number of benzene rings is 3. The Kier molecular flexibility index (Phi) is 6.33. The number of rotatable bonds is 7. The molecule has 0 fully saturated rings. The van der Waals surface area contributed by atoms with E-state index in [1.165, 1.54) is 5.56 Å². The highest BCUT2D eigenvalue weighted by Crippen LogP contribution is 2.25. The van der Waals surface area contributed by atoms with E-state index < -0.39 is 0 Å². The van der Waals surface area contributed by atoms with Crippen LogP contribution in [0.4, 0.5) is 0 Å². The van der Waals surface area contributed by atoms with Crippen LogP contribution >= 0.6 is 0 Å². The molecule has 0 aromatic heterocycles. The van der Waals surface area contributed by atoms with Crippen molar-refractivity contribution in [2.45, 2.75) is 19.4 Å². The molecule has 144 valence electrons. The van der Waals surface area contributed by atoms with Gasteiger partial charge in [0.15, 0.2) is 0 Å². The molecule has 0 radical (unpaired) electrons. The molecule has 3 aromatic rings. The zero-order chi connectivity index (χ0) is 19.9. The summed E-state index contributed by atoms with van der Waals surface area (Å²) in [4.78, 5) is 12.5. The van der Waals surface area contributed by atoms with Crippen molar-refractivity contribution in [3.8, 4) is 22.6 Å². The van der Waals surface area contributed by atoms with E-state index in [0.29, 0.717) is 11.5 Å². The third kappa shape index (κ3) is 4.71. The fraction of sp³-hybridized carbons (Fsp3) is 0.208. The Morgan fingerprint density at radius 3 is 2.21 bits per heavy atom. The summed E-state index contributed by atoms with van der Waals surface area (Å²) in [6.45, 7) is 1.99. The molecule has 0 bridgehead atoms. The van der Waals surface area contributed by atoms with Gasteiger partial charge in [0.2, 0.25) is 5.91 Å². The molecule has 0 aliphatic rings. The van der Waals surface area contributed by atoms with E-state index in [4.69, 9.17) is 9.47 Å². The van der Waals surface area contributed by atoms with Crippen LogP contribution in [-0.2, 0) is 11.2 Å². The number of nitrogens with one attached hydrogen (secondary N) is 1. The lowest BCUT2D eigenvalue weighted by atomic mass is 10.0. The monoisotopic (exact) mass is 375 g/mol. The highest BCUT2D eigenvalue weighted by Gasteiger charge is 2.13. The second-order valence-corrected chi connectivity index (χ2v) is 6.63. The standard InChI is InChI=1S/C24H25NO3/c1-17(18-9-11-20(12-10-18)19-7-5-4-6-8-19)25-24(26)15-21-13-14-22(27-2)16-23(21)28-3/h4-14,16-17H,15H2,1-3H3,(H,25,26)/t17-/m1/s1. The molecule has 0 aliphatic heterocycles. The van der Waals surface area contributed by atoms with E-state index in [0.717, 1.165) is 16.7 Å². The first-order valence-corrected chi connectivity index (χ1v) is 9.26. The van der Waals surface area contributed by atoms with Crippen molar-refractivity contribution in [3.05, 3.63) is 83.9 Å². The first-order chi connectivity index (χ1) is 13.6. The van der Waals surface area contributed by atoms with Gasteiger partial charge in [0.1, 0.15) is 11.5 Å². The minimum Gasteiger partial charge on any atom is -0.497 e. The Hall–Kier alpha value is -3.27. The number of hydrogen-bond acceptors (Lipinski definition) is 3. The van der Waals surface area contributed by atoms with Crippen LogP contribution in [0.2, 0.25) is 0 Å². The van der Waals surface area contributed by atoms with Crippen molar-refractivity contribution in [1.82, 2.24) is 5.32 Å². The molecular formula is C24H25NO3. The third-order valence-electron chi connectivity index (χ3n) is 4.74. The SMILES string of the molecule is COc1ccc(CC(=O)N[C@H](C)c2ccc(-c3ccccc3)cc2)c(OC)c1. The van der Waals surface area contributed by atoms with E-state index in [2.05, 4.69) is 41.7 Å². The lowest BCUT2D eigenvalue weighted by Gasteiger charge is -2.16. The van der Waals surface area contributed by atoms with Gasteiger partial charge in [0, 0.05) is 11.6 Å². The summed E-state index contributed by atoms with van der Waals surface area (Å²) in [6, 6.07) is 23.9. The largest absolute Gasteiger partial charge is 0.497 e. The average molecular weight is 375 g/mol. The quantitative estimate of drug-likeness (QED) is 0.646. The van der Waals surface area contributed by atoms with Gasteiger partial charge >= 0.3 is 0 Å². The fourth-order valence-corrected chi connectivity index (χ4v) is 3.14. The number of carbonyl (C=O) groups is 1. The zero-order valence-corrected chi connectivity index (χ0v) is 16.4. The van der Waals surface area contributed by atoms with Gasteiger partial charge in [0.25, 0.3) is 0 Å². The number of amides is 1. The smallest absolute Gasteiger partial charge is 0.225 e. The number of ether oxygens (including phenoxy) is 2. The molecule has 1 N–H and O–H groups in total. The molecule has 1 amide bonds. The van der Waals surface area contributed by atoms with Crippen molar-refractivity contribution in [1.29, 1.82) is 0 Å². The van der Waals surface area contributed by atoms with Crippen LogP contribution in [0.1, 0.15) is 24.1 Å². The molecule has 0 unspecified atom stereocenters. The van der Waals surface area contributed by atoms with Crippen molar-refractivity contribution in [2.24, 2.45) is 0 Å². The van der Waals surface area contributed by atoms with E-state index >= 15 is 0 Å². The highest BCUT2D eigenvalue weighted by molar-refractivity contribution is 5.80. The molecule has 3 aromatic carbocycles. The molecule has 0 saturated heterocycles. The minimum atomic E-state index is -0.0819. The second kappa shape index (κ2) is 9.09. The average Bonchev–Trinajstić information content (AvgIpc) is 2.74. The van der Waals surface area contributed by atoms with Crippen LogP contribution in [0.25, 0.3) is 11.1 Å². The molecule has 0 heterocycles. The first kappa shape index (κ1) is 19.5. The van der Waals surface area contributed by atoms with Gasteiger partial charge in [-0.1, -0.05) is 60.7 Å². The summed E-state index contributed by atoms with van der Waals surface area (Å²) >= 11 is 0. The summed E-state index contributed by atoms with van der Waals surface area (Å²) in [7, 11) is 3.19. The summed E-state index contributed by atoms with van der Waals surface area (Å²) in [5.74, 6) is 1.30. The predicted molar refractivity (Wildman–Crippen MR) is 112 cm³/mol. The van der Waals surface area contributed by atoms with Crippen LogP contribution < -0.4 is 14.8 Å².